The smallest absolute Gasteiger partial charge is 0.321 e. The molecule has 4 rings (SSSR count). The molecule has 0 spiro atoms. The molecule has 2 fully saturated rings. The van der Waals surface area contributed by atoms with Crippen LogP contribution in [0.25, 0.3) is 10.8 Å². The number of anilines is 1. The molecule has 0 saturated carbocycles. The van der Waals surface area contributed by atoms with Crippen LogP contribution in [-0.2, 0) is 0 Å². The van der Waals surface area contributed by atoms with Gasteiger partial charge in [-0.3, -0.25) is 4.90 Å². The highest BCUT2D eigenvalue weighted by Gasteiger charge is 2.34. The van der Waals surface area contributed by atoms with Crippen LogP contribution in [0.4, 0.5) is 10.5 Å². The average Bonchev–Trinajstić information content (AvgIpc) is 2.83. The number of benzene rings is 2. The van der Waals surface area contributed by atoms with Gasteiger partial charge in [-0.15, -0.1) is 0 Å². The van der Waals surface area contributed by atoms with Gasteiger partial charge in [0.2, 0.25) is 0 Å². The molecule has 2 amide bonds. The third-order valence-corrected chi connectivity index (χ3v) is 5.31. The Labute approximate surface area is 143 Å². The van der Waals surface area contributed by atoms with Crippen LogP contribution in [0, 0.1) is 0 Å². The normalized spacial score (nSPS) is 19.8. The number of hydrogen-bond acceptors (Lipinski definition) is 2. The summed E-state index contributed by atoms with van der Waals surface area (Å²) in [4.78, 5) is 16.9. The van der Waals surface area contributed by atoms with Crippen molar-refractivity contribution in [2.75, 3.05) is 31.5 Å². The third-order valence-electron chi connectivity index (χ3n) is 5.31. The van der Waals surface area contributed by atoms with Gasteiger partial charge in [-0.05, 0) is 48.8 Å². The minimum Gasteiger partial charge on any atom is -0.321 e. The molecule has 126 valence electrons. The zero-order valence-corrected chi connectivity index (χ0v) is 14.1. The summed E-state index contributed by atoms with van der Waals surface area (Å²) in [6.45, 7) is 4.12. The summed E-state index contributed by atoms with van der Waals surface area (Å²) in [5.41, 5.74) is 0.872. The molecule has 2 heterocycles. The lowest BCUT2D eigenvalue weighted by atomic mass is 10.1. The highest BCUT2D eigenvalue weighted by molar-refractivity contribution is 5.93. The fraction of sp³-hybridized carbons (Fsp3) is 0.450. The van der Waals surface area contributed by atoms with E-state index >= 15 is 0 Å². The van der Waals surface area contributed by atoms with Gasteiger partial charge in [0.05, 0.1) is 0 Å². The maximum absolute atomic E-state index is 12.4. The van der Waals surface area contributed by atoms with Crippen molar-refractivity contribution in [3.05, 3.63) is 42.5 Å². The molecule has 0 aromatic heterocycles. The number of nitrogens with one attached hydrogen (secondary N) is 1. The van der Waals surface area contributed by atoms with Gasteiger partial charge < -0.3 is 10.2 Å². The van der Waals surface area contributed by atoms with Gasteiger partial charge in [0.15, 0.2) is 0 Å². The molecule has 0 bridgehead atoms. The van der Waals surface area contributed by atoms with Crippen molar-refractivity contribution >= 4 is 22.5 Å². The fourth-order valence-corrected chi connectivity index (χ4v) is 3.78. The summed E-state index contributed by atoms with van der Waals surface area (Å²) < 4.78 is 0. The topological polar surface area (TPSA) is 35.6 Å². The van der Waals surface area contributed by atoms with E-state index < -0.39 is 0 Å². The van der Waals surface area contributed by atoms with Gasteiger partial charge in [0, 0.05) is 24.8 Å². The molecule has 2 aromatic rings. The molecule has 2 saturated heterocycles. The van der Waals surface area contributed by atoms with Gasteiger partial charge in [-0.2, -0.15) is 0 Å². The molecule has 2 aliphatic heterocycles. The number of carbonyl (C=O) groups is 1. The van der Waals surface area contributed by atoms with E-state index in [1.807, 2.05) is 29.2 Å². The van der Waals surface area contributed by atoms with E-state index in [9.17, 15) is 4.79 Å². The Kier molecular flexibility index (Phi) is 4.39. The van der Waals surface area contributed by atoms with Crippen molar-refractivity contribution in [3.8, 4) is 0 Å². The standard InChI is InChI=1S/C20H25N3O/c24-20(21-18-10-9-16-7-3-4-8-17(16)13-18)23-14-19(15-23)22-11-5-1-2-6-12-22/h3-4,7-10,13,19H,1-2,5-6,11-12,14-15H2,(H,21,24). The zero-order chi connectivity index (χ0) is 16.4. The summed E-state index contributed by atoms with van der Waals surface area (Å²) in [5.74, 6) is 0. The molecule has 24 heavy (non-hydrogen) atoms. The van der Waals surface area contributed by atoms with Crippen LogP contribution in [0.1, 0.15) is 25.7 Å². The van der Waals surface area contributed by atoms with Crippen LogP contribution in [0.15, 0.2) is 42.5 Å². The number of urea groups is 1. The van der Waals surface area contributed by atoms with Crippen molar-refractivity contribution in [1.29, 1.82) is 0 Å². The first kappa shape index (κ1) is 15.5. The molecule has 4 nitrogen and oxygen atoms in total. The quantitative estimate of drug-likeness (QED) is 0.909. The lowest BCUT2D eigenvalue weighted by Crippen LogP contribution is -2.62. The Bertz CT molecular complexity index is 716. The number of rotatable bonds is 2. The lowest BCUT2D eigenvalue weighted by molar-refractivity contribution is 0.0639. The molecule has 0 atom stereocenters. The average molecular weight is 323 g/mol. The van der Waals surface area contributed by atoms with Gasteiger partial charge in [0.1, 0.15) is 0 Å². The maximum Gasteiger partial charge on any atom is 0.321 e. The van der Waals surface area contributed by atoms with E-state index in [0.29, 0.717) is 6.04 Å². The number of fused-ring (bicyclic) bond motifs is 1. The van der Waals surface area contributed by atoms with Crippen molar-refractivity contribution in [3.63, 3.8) is 0 Å². The zero-order valence-electron chi connectivity index (χ0n) is 14.1. The Morgan fingerprint density at radius 1 is 0.917 bits per heavy atom. The summed E-state index contributed by atoms with van der Waals surface area (Å²) in [5, 5.41) is 5.39. The first-order chi connectivity index (χ1) is 11.8. The van der Waals surface area contributed by atoms with Gasteiger partial charge in [-0.25, -0.2) is 4.79 Å². The van der Waals surface area contributed by atoms with E-state index in [1.165, 1.54) is 44.2 Å². The molecular formula is C20H25N3O. The summed E-state index contributed by atoms with van der Waals surface area (Å²) in [6.07, 6.45) is 5.32. The highest BCUT2D eigenvalue weighted by atomic mass is 16.2. The maximum atomic E-state index is 12.4. The third kappa shape index (κ3) is 3.24. The number of hydrogen-bond donors (Lipinski definition) is 1. The highest BCUT2D eigenvalue weighted by Crippen LogP contribution is 2.22. The Morgan fingerprint density at radius 3 is 2.38 bits per heavy atom. The molecule has 0 unspecified atom stereocenters. The van der Waals surface area contributed by atoms with E-state index in [1.54, 1.807) is 0 Å². The SMILES string of the molecule is O=C(Nc1ccc2ccccc2c1)N1CC(N2CCCCCC2)C1. The Balaban J connectivity index is 1.33. The van der Waals surface area contributed by atoms with Gasteiger partial charge in [0.25, 0.3) is 0 Å². The van der Waals surface area contributed by atoms with Crippen molar-refractivity contribution < 1.29 is 4.79 Å². The predicted octanol–water partition coefficient (Wildman–Crippen LogP) is 3.93. The summed E-state index contributed by atoms with van der Waals surface area (Å²) in [6, 6.07) is 14.9. The molecule has 0 radical (unpaired) electrons. The van der Waals surface area contributed by atoms with Gasteiger partial charge >= 0.3 is 6.03 Å². The first-order valence-electron chi connectivity index (χ1n) is 9.08. The van der Waals surface area contributed by atoms with E-state index in [-0.39, 0.29) is 6.03 Å². The predicted molar refractivity (Wildman–Crippen MR) is 98.4 cm³/mol. The molecule has 2 aliphatic rings. The van der Waals surface area contributed by atoms with Crippen LogP contribution >= 0.6 is 0 Å². The van der Waals surface area contributed by atoms with E-state index in [4.69, 9.17) is 0 Å². The molecule has 0 aliphatic carbocycles. The van der Waals surface area contributed by atoms with Crippen LogP contribution in [0.2, 0.25) is 0 Å². The van der Waals surface area contributed by atoms with Crippen molar-refractivity contribution in [2.45, 2.75) is 31.7 Å². The summed E-state index contributed by atoms with van der Waals surface area (Å²) >= 11 is 0. The second kappa shape index (κ2) is 6.81. The largest absolute Gasteiger partial charge is 0.321 e. The monoisotopic (exact) mass is 323 g/mol. The number of nitrogens with zero attached hydrogens (tertiary/aromatic N) is 2. The van der Waals surface area contributed by atoms with Crippen molar-refractivity contribution in [2.24, 2.45) is 0 Å². The number of likely N-dealkylation sites (tertiary alicyclic amines) is 2. The minimum absolute atomic E-state index is 0.0244. The minimum atomic E-state index is 0.0244. The second-order valence-corrected chi connectivity index (χ2v) is 7.00. The first-order valence-corrected chi connectivity index (χ1v) is 9.08. The van der Waals surface area contributed by atoms with Crippen LogP contribution in [-0.4, -0.2) is 48.1 Å². The summed E-state index contributed by atoms with van der Waals surface area (Å²) in [7, 11) is 0. The Morgan fingerprint density at radius 2 is 1.62 bits per heavy atom. The molecule has 2 aromatic carbocycles. The molecule has 1 N–H and O–H groups in total. The molecule has 4 heteroatoms. The second-order valence-electron chi connectivity index (χ2n) is 7.00. The van der Waals surface area contributed by atoms with Gasteiger partial charge in [-0.1, -0.05) is 43.2 Å². The number of carbonyl (C=O) groups excluding carboxylic acids is 1. The van der Waals surface area contributed by atoms with E-state index in [0.717, 1.165) is 24.2 Å². The number of amides is 2. The van der Waals surface area contributed by atoms with Crippen LogP contribution < -0.4 is 5.32 Å². The lowest BCUT2D eigenvalue weighted by Gasteiger charge is -2.45. The molecular weight excluding hydrogens is 298 g/mol. The Hall–Kier alpha value is -2.07. The van der Waals surface area contributed by atoms with E-state index in [2.05, 4.69) is 28.4 Å². The van der Waals surface area contributed by atoms with Crippen LogP contribution in [0.5, 0.6) is 0 Å². The van der Waals surface area contributed by atoms with Crippen LogP contribution in [0.3, 0.4) is 0 Å². The fourth-order valence-electron chi connectivity index (χ4n) is 3.78. The van der Waals surface area contributed by atoms with Crippen molar-refractivity contribution in [1.82, 2.24) is 9.80 Å².